The van der Waals surface area contributed by atoms with Crippen molar-refractivity contribution in [2.24, 2.45) is 0 Å². The number of amides is 2. The first-order valence-electron chi connectivity index (χ1n) is 8.93. The Bertz CT molecular complexity index is 579. The quantitative estimate of drug-likeness (QED) is 0.746. The second kappa shape index (κ2) is 7.79. The molecule has 1 aliphatic carbocycles. The number of carbonyl (C=O) groups is 2. The van der Waals surface area contributed by atoms with E-state index in [9.17, 15) is 9.59 Å². The Labute approximate surface area is 142 Å². The predicted octanol–water partition coefficient (Wildman–Crippen LogP) is 0.894. The van der Waals surface area contributed by atoms with Crippen LogP contribution in [0.25, 0.3) is 0 Å². The molecule has 1 atom stereocenters. The van der Waals surface area contributed by atoms with Crippen molar-refractivity contribution >= 4 is 11.8 Å². The summed E-state index contributed by atoms with van der Waals surface area (Å²) in [4.78, 5) is 26.1. The van der Waals surface area contributed by atoms with Gasteiger partial charge in [0.15, 0.2) is 0 Å². The van der Waals surface area contributed by atoms with Crippen LogP contribution in [0.15, 0.2) is 6.20 Å². The van der Waals surface area contributed by atoms with Crippen molar-refractivity contribution in [1.82, 2.24) is 25.7 Å². The molecule has 2 aliphatic rings. The van der Waals surface area contributed by atoms with Crippen LogP contribution >= 0.6 is 0 Å². The minimum Gasteiger partial charge on any atom is -0.359 e. The number of aromatic nitrogens is 2. The van der Waals surface area contributed by atoms with Gasteiger partial charge in [-0.05, 0) is 12.8 Å². The zero-order chi connectivity index (χ0) is 16.9. The summed E-state index contributed by atoms with van der Waals surface area (Å²) in [5, 5.41) is 12.9. The molecule has 0 bridgehead atoms. The number of H-pyrrole nitrogens is 1. The molecule has 24 heavy (non-hydrogen) atoms. The lowest BCUT2D eigenvalue weighted by Gasteiger charge is -2.35. The van der Waals surface area contributed by atoms with E-state index in [0.29, 0.717) is 19.0 Å². The Kier molecular flexibility index (Phi) is 5.50. The number of carbonyl (C=O) groups excluding carboxylic acids is 2. The van der Waals surface area contributed by atoms with Crippen molar-refractivity contribution in [1.29, 1.82) is 0 Å². The highest BCUT2D eigenvalue weighted by Gasteiger charge is 2.32. The second-order valence-electron chi connectivity index (χ2n) is 6.80. The van der Waals surface area contributed by atoms with Crippen LogP contribution in [-0.4, -0.2) is 53.1 Å². The van der Waals surface area contributed by atoms with Crippen LogP contribution in [0.1, 0.15) is 55.7 Å². The largest absolute Gasteiger partial charge is 0.359 e. The smallest absolute Gasteiger partial charge is 0.237 e. The summed E-state index contributed by atoms with van der Waals surface area (Å²) in [5.41, 5.74) is 2.39. The Morgan fingerprint density at radius 3 is 2.92 bits per heavy atom. The summed E-state index contributed by atoms with van der Waals surface area (Å²) < 4.78 is 0. The average Bonchev–Trinajstić information content (AvgIpc) is 3.06. The molecule has 2 heterocycles. The average molecular weight is 333 g/mol. The summed E-state index contributed by atoms with van der Waals surface area (Å²) in [6.07, 6.45) is 8.35. The van der Waals surface area contributed by atoms with Gasteiger partial charge >= 0.3 is 0 Å². The van der Waals surface area contributed by atoms with Crippen LogP contribution in [0.5, 0.6) is 0 Å². The van der Waals surface area contributed by atoms with E-state index in [1.54, 1.807) is 7.05 Å². The van der Waals surface area contributed by atoms with E-state index in [1.165, 1.54) is 43.4 Å². The first kappa shape index (κ1) is 17.0. The summed E-state index contributed by atoms with van der Waals surface area (Å²) in [6.45, 7) is 2.04. The van der Waals surface area contributed by atoms with E-state index in [1.807, 2.05) is 6.20 Å². The normalized spacial score (nSPS) is 23.0. The van der Waals surface area contributed by atoms with Gasteiger partial charge in [-0.2, -0.15) is 5.10 Å². The van der Waals surface area contributed by atoms with Crippen molar-refractivity contribution in [2.75, 3.05) is 20.1 Å². The highest BCUT2D eigenvalue weighted by molar-refractivity contribution is 5.88. The monoisotopic (exact) mass is 333 g/mol. The van der Waals surface area contributed by atoms with Crippen molar-refractivity contribution in [3.8, 4) is 0 Å². The standard InChI is InChI=1S/C17H27N5O2/c1-18-15(23)9-14-17(24)19-7-8-22(14)11-13-10-20-21-16(13)12-5-3-2-4-6-12/h10,12,14H,2-9,11H2,1H3,(H,18,23)(H,19,24)(H,20,21)/t14-/m1/s1. The van der Waals surface area contributed by atoms with Crippen LogP contribution in [-0.2, 0) is 16.1 Å². The van der Waals surface area contributed by atoms with Gasteiger partial charge in [0, 0.05) is 43.9 Å². The molecular weight excluding hydrogens is 306 g/mol. The van der Waals surface area contributed by atoms with Crippen molar-refractivity contribution in [3.63, 3.8) is 0 Å². The fourth-order valence-corrected chi connectivity index (χ4v) is 3.86. The number of aromatic amines is 1. The molecule has 3 rings (SSSR count). The molecule has 132 valence electrons. The SMILES string of the molecule is CNC(=O)C[C@@H]1C(=O)NCCN1Cc1cn[nH]c1C1CCCCC1. The number of rotatable bonds is 5. The van der Waals surface area contributed by atoms with Gasteiger partial charge in [-0.15, -0.1) is 0 Å². The van der Waals surface area contributed by atoms with Crippen LogP contribution in [0.3, 0.4) is 0 Å². The van der Waals surface area contributed by atoms with Crippen LogP contribution in [0.4, 0.5) is 0 Å². The Morgan fingerprint density at radius 1 is 1.38 bits per heavy atom. The molecule has 0 aromatic carbocycles. The van der Waals surface area contributed by atoms with Gasteiger partial charge in [-0.1, -0.05) is 19.3 Å². The van der Waals surface area contributed by atoms with E-state index in [2.05, 4.69) is 25.7 Å². The Morgan fingerprint density at radius 2 is 2.17 bits per heavy atom. The molecule has 1 aliphatic heterocycles. The summed E-state index contributed by atoms with van der Waals surface area (Å²) in [7, 11) is 1.60. The predicted molar refractivity (Wildman–Crippen MR) is 90.3 cm³/mol. The lowest BCUT2D eigenvalue weighted by molar-refractivity contribution is -0.134. The Balaban J connectivity index is 1.72. The highest BCUT2D eigenvalue weighted by atomic mass is 16.2. The maximum atomic E-state index is 12.2. The minimum atomic E-state index is -0.409. The first-order chi connectivity index (χ1) is 11.7. The van der Waals surface area contributed by atoms with Crippen molar-refractivity contribution in [3.05, 3.63) is 17.5 Å². The van der Waals surface area contributed by atoms with Gasteiger partial charge in [-0.25, -0.2) is 0 Å². The van der Waals surface area contributed by atoms with Gasteiger partial charge in [0.25, 0.3) is 0 Å². The topological polar surface area (TPSA) is 90.1 Å². The Hall–Kier alpha value is -1.89. The molecule has 1 aromatic rings. The zero-order valence-electron chi connectivity index (χ0n) is 14.3. The molecule has 0 radical (unpaired) electrons. The third-order valence-electron chi connectivity index (χ3n) is 5.24. The number of piperazine rings is 1. The summed E-state index contributed by atoms with van der Waals surface area (Å²) in [5.74, 6) is 0.376. The number of hydrogen-bond acceptors (Lipinski definition) is 4. The van der Waals surface area contributed by atoms with Gasteiger partial charge in [0.05, 0.1) is 18.7 Å². The van der Waals surface area contributed by atoms with Crippen LogP contribution < -0.4 is 10.6 Å². The lowest BCUT2D eigenvalue weighted by Crippen LogP contribution is -2.56. The zero-order valence-corrected chi connectivity index (χ0v) is 14.3. The summed E-state index contributed by atoms with van der Waals surface area (Å²) in [6, 6.07) is -0.409. The molecule has 1 saturated carbocycles. The van der Waals surface area contributed by atoms with Gasteiger partial charge < -0.3 is 10.6 Å². The second-order valence-corrected chi connectivity index (χ2v) is 6.80. The number of nitrogens with zero attached hydrogens (tertiary/aromatic N) is 2. The van der Waals surface area contributed by atoms with Crippen molar-refractivity contribution in [2.45, 2.75) is 57.0 Å². The van der Waals surface area contributed by atoms with E-state index in [-0.39, 0.29) is 18.2 Å². The van der Waals surface area contributed by atoms with Gasteiger partial charge in [0.2, 0.25) is 11.8 Å². The fourth-order valence-electron chi connectivity index (χ4n) is 3.86. The molecule has 3 N–H and O–H groups in total. The third kappa shape index (κ3) is 3.77. The van der Waals surface area contributed by atoms with Crippen LogP contribution in [0.2, 0.25) is 0 Å². The molecule has 2 amide bonds. The maximum Gasteiger partial charge on any atom is 0.237 e. The highest BCUT2D eigenvalue weighted by Crippen LogP contribution is 2.33. The van der Waals surface area contributed by atoms with E-state index < -0.39 is 6.04 Å². The first-order valence-corrected chi connectivity index (χ1v) is 8.93. The molecule has 0 spiro atoms. The van der Waals surface area contributed by atoms with Crippen molar-refractivity contribution < 1.29 is 9.59 Å². The third-order valence-corrected chi connectivity index (χ3v) is 5.24. The van der Waals surface area contributed by atoms with E-state index in [0.717, 1.165) is 6.54 Å². The number of nitrogens with one attached hydrogen (secondary N) is 3. The van der Waals surface area contributed by atoms with Crippen LogP contribution in [0, 0.1) is 0 Å². The number of hydrogen-bond donors (Lipinski definition) is 3. The van der Waals surface area contributed by atoms with Gasteiger partial charge in [-0.3, -0.25) is 19.6 Å². The minimum absolute atomic E-state index is 0.0624. The molecule has 1 aromatic heterocycles. The molecule has 1 saturated heterocycles. The fraction of sp³-hybridized carbons (Fsp3) is 0.706. The lowest BCUT2D eigenvalue weighted by atomic mass is 9.85. The maximum absolute atomic E-state index is 12.2. The summed E-state index contributed by atoms with van der Waals surface area (Å²) >= 11 is 0. The molecular formula is C17H27N5O2. The van der Waals surface area contributed by atoms with E-state index in [4.69, 9.17) is 0 Å². The molecule has 0 unspecified atom stereocenters. The van der Waals surface area contributed by atoms with E-state index >= 15 is 0 Å². The molecule has 7 nitrogen and oxygen atoms in total. The molecule has 2 fully saturated rings. The molecule has 7 heteroatoms. The van der Waals surface area contributed by atoms with Gasteiger partial charge in [0.1, 0.15) is 0 Å².